The van der Waals surface area contributed by atoms with Gasteiger partial charge in [0.2, 0.25) is 0 Å². The van der Waals surface area contributed by atoms with Crippen molar-refractivity contribution >= 4 is 28.9 Å². The number of aromatic nitrogens is 1. The van der Waals surface area contributed by atoms with Crippen LogP contribution in [0, 0.1) is 0 Å². The first kappa shape index (κ1) is 13.7. The smallest absolute Gasteiger partial charge is 0.331 e. The van der Waals surface area contributed by atoms with Crippen molar-refractivity contribution in [2.45, 2.75) is 13.0 Å². The molecule has 0 fully saturated rings. The summed E-state index contributed by atoms with van der Waals surface area (Å²) in [7, 11) is 0. The number of pyridine rings is 1. The van der Waals surface area contributed by atoms with Crippen molar-refractivity contribution < 1.29 is 14.3 Å². The number of esters is 1. The van der Waals surface area contributed by atoms with Gasteiger partial charge in [-0.1, -0.05) is 24.3 Å². The molecular formula is C15H14N2O3. The minimum atomic E-state index is -0.946. The second-order valence-corrected chi connectivity index (χ2v) is 4.24. The van der Waals surface area contributed by atoms with E-state index < -0.39 is 18.0 Å². The van der Waals surface area contributed by atoms with Gasteiger partial charge in [0.25, 0.3) is 5.91 Å². The predicted octanol–water partition coefficient (Wildman–Crippen LogP) is 1.66. The van der Waals surface area contributed by atoms with Crippen molar-refractivity contribution in [1.29, 1.82) is 0 Å². The number of hydrogen-bond donors (Lipinski definition) is 1. The monoisotopic (exact) mass is 270 g/mol. The Morgan fingerprint density at radius 3 is 2.80 bits per heavy atom. The number of primary amides is 1. The molecule has 0 aliphatic carbocycles. The van der Waals surface area contributed by atoms with Gasteiger partial charge < -0.3 is 10.5 Å². The number of ether oxygens (including phenoxy) is 1. The molecule has 1 amide bonds. The largest absolute Gasteiger partial charge is 0.449 e. The molecule has 2 aromatic rings. The van der Waals surface area contributed by atoms with Gasteiger partial charge in [0.05, 0.1) is 5.52 Å². The molecule has 0 radical (unpaired) electrons. The average molecular weight is 270 g/mol. The number of rotatable bonds is 4. The minimum absolute atomic E-state index is 0.621. The summed E-state index contributed by atoms with van der Waals surface area (Å²) in [5, 5.41) is 0.980. The highest BCUT2D eigenvalue weighted by atomic mass is 16.5. The number of fused-ring (bicyclic) bond motifs is 1. The summed E-state index contributed by atoms with van der Waals surface area (Å²) >= 11 is 0. The normalized spacial score (nSPS) is 12.4. The molecule has 20 heavy (non-hydrogen) atoms. The van der Waals surface area contributed by atoms with E-state index in [1.165, 1.54) is 13.0 Å². The maximum absolute atomic E-state index is 11.5. The maximum Gasteiger partial charge on any atom is 0.331 e. The summed E-state index contributed by atoms with van der Waals surface area (Å²) in [6.07, 6.45) is 3.60. The van der Waals surface area contributed by atoms with E-state index in [-0.39, 0.29) is 0 Å². The number of nitrogens with zero attached hydrogens (tertiary/aromatic N) is 1. The standard InChI is InChI=1S/C15H14N2O3/c1-10(15(16)19)20-13(18)8-7-12-5-2-4-11-6-3-9-17-14(11)12/h2-10H,1H3,(H2,16,19)/b8-7+. The highest BCUT2D eigenvalue weighted by Crippen LogP contribution is 2.17. The number of para-hydroxylation sites is 1. The van der Waals surface area contributed by atoms with Crippen LogP contribution in [-0.2, 0) is 14.3 Å². The number of nitrogens with two attached hydrogens (primary N) is 1. The summed E-state index contributed by atoms with van der Waals surface area (Å²) < 4.78 is 4.82. The number of carbonyl (C=O) groups excluding carboxylic acids is 2. The van der Waals surface area contributed by atoms with Gasteiger partial charge in [0, 0.05) is 23.2 Å². The molecule has 1 unspecified atom stereocenters. The summed E-state index contributed by atoms with van der Waals surface area (Å²) in [4.78, 5) is 26.6. The first-order valence-corrected chi connectivity index (χ1v) is 6.09. The molecule has 1 aromatic carbocycles. The molecule has 102 valence electrons. The van der Waals surface area contributed by atoms with Crippen molar-refractivity contribution in [3.8, 4) is 0 Å². The fourth-order valence-corrected chi connectivity index (χ4v) is 1.69. The van der Waals surface area contributed by atoms with E-state index in [2.05, 4.69) is 4.98 Å². The maximum atomic E-state index is 11.5. The molecule has 1 aromatic heterocycles. The lowest BCUT2D eigenvalue weighted by Gasteiger charge is -2.06. The number of hydrogen-bond acceptors (Lipinski definition) is 4. The Labute approximate surface area is 116 Å². The molecule has 0 saturated carbocycles. The third kappa shape index (κ3) is 3.20. The van der Waals surface area contributed by atoms with Crippen LogP contribution in [0.15, 0.2) is 42.6 Å². The highest BCUT2D eigenvalue weighted by molar-refractivity contribution is 5.93. The first-order valence-electron chi connectivity index (χ1n) is 6.09. The zero-order chi connectivity index (χ0) is 14.5. The Morgan fingerprint density at radius 1 is 1.30 bits per heavy atom. The summed E-state index contributed by atoms with van der Waals surface area (Å²) in [5.41, 5.74) is 6.61. The molecule has 0 bridgehead atoms. The first-order chi connectivity index (χ1) is 9.58. The quantitative estimate of drug-likeness (QED) is 0.676. The highest BCUT2D eigenvalue weighted by Gasteiger charge is 2.12. The lowest BCUT2D eigenvalue weighted by Crippen LogP contribution is -2.29. The number of benzene rings is 1. The van der Waals surface area contributed by atoms with Crippen molar-refractivity contribution in [3.63, 3.8) is 0 Å². The molecule has 1 heterocycles. The zero-order valence-corrected chi connectivity index (χ0v) is 10.9. The molecule has 5 nitrogen and oxygen atoms in total. The Kier molecular flexibility index (Phi) is 4.10. The summed E-state index contributed by atoms with van der Waals surface area (Å²) in [6, 6.07) is 9.44. The average Bonchev–Trinajstić information content (AvgIpc) is 2.44. The molecule has 2 N–H and O–H groups in total. The molecule has 0 aliphatic heterocycles. The van der Waals surface area contributed by atoms with E-state index in [9.17, 15) is 9.59 Å². The molecule has 2 rings (SSSR count). The Morgan fingerprint density at radius 2 is 2.05 bits per heavy atom. The van der Waals surface area contributed by atoms with E-state index in [0.29, 0.717) is 0 Å². The third-order valence-electron chi connectivity index (χ3n) is 2.76. The lowest BCUT2D eigenvalue weighted by atomic mass is 10.1. The van der Waals surface area contributed by atoms with E-state index in [4.69, 9.17) is 10.5 Å². The van der Waals surface area contributed by atoms with Gasteiger partial charge in [-0.05, 0) is 19.1 Å². The summed E-state index contributed by atoms with van der Waals surface area (Å²) in [5.74, 6) is -1.30. The zero-order valence-electron chi connectivity index (χ0n) is 10.9. The Bertz CT molecular complexity index is 674. The molecule has 0 saturated heterocycles. The van der Waals surface area contributed by atoms with Crippen LogP contribution in [0.25, 0.3) is 17.0 Å². The number of carbonyl (C=O) groups is 2. The topological polar surface area (TPSA) is 82.3 Å². The number of amides is 1. The molecule has 0 spiro atoms. The molecule has 1 atom stereocenters. The van der Waals surface area contributed by atoms with Gasteiger partial charge in [0.15, 0.2) is 6.10 Å². The van der Waals surface area contributed by atoms with Crippen molar-refractivity contribution in [3.05, 3.63) is 48.2 Å². The molecule has 5 heteroatoms. The Balaban J connectivity index is 2.18. The SMILES string of the molecule is CC(OC(=O)/C=C/c1cccc2cccnc12)C(N)=O. The van der Waals surface area contributed by atoms with E-state index in [1.54, 1.807) is 12.3 Å². The van der Waals surface area contributed by atoms with Gasteiger partial charge in [-0.15, -0.1) is 0 Å². The van der Waals surface area contributed by atoms with Crippen LogP contribution in [0.2, 0.25) is 0 Å². The van der Waals surface area contributed by atoms with Crippen LogP contribution in [0.3, 0.4) is 0 Å². The Hall–Kier alpha value is -2.69. The van der Waals surface area contributed by atoms with Gasteiger partial charge in [-0.25, -0.2) is 4.79 Å². The predicted molar refractivity (Wildman–Crippen MR) is 75.5 cm³/mol. The van der Waals surface area contributed by atoms with E-state index >= 15 is 0 Å². The van der Waals surface area contributed by atoms with Crippen molar-refractivity contribution in [2.75, 3.05) is 0 Å². The second kappa shape index (κ2) is 5.97. The fraction of sp³-hybridized carbons (Fsp3) is 0.133. The van der Waals surface area contributed by atoms with Crippen LogP contribution < -0.4 is 5.73 Å². The minimum Gasteiger partial charge on any atom is -0.449 e. The van der Waals surface area contributed by atoms with Gasteiger partial charge in [0.1, 0.15) is 0 Å². The molecule has 0 aliphatic rings. The summed E-state index contributed by atoms with van der Waals surface area (Å²) in [6.45, 7) is 1.42. The van der Waals surface area contributed by atoms with Crippen molar-refractivity contribution in [2.24, 2.45) is 5.73 Å². The third-order valence-corrected chi connectivity index (χ3v) is 2.76. The van der Waals surface area contributed by atoms with Crippen LogP contribution in [0.5, 0.6) is 0 Å². The van der Waals surface area contributed by atoms with Crippen LogP contribution in [0.4, 0.5) is 0 Å². The lowest BCUT2D eigenvalue weighted by molar-refractivity contribution is -0.148. The molecular weight excluding hydrogens is 256 g/mol. The van der Waals surface area contributed by atoms with Crippen LogP contribution in [0.1, 0.15) is 12.5 Å². The van der Waals surface area contributed by atoms with Crippen LogP contribution in [-0.4, -0.2) is 23.0 Å². The van der Waals surface area contributed by atoms with Gasteiger partial charge in [-0.3, -0.25) is 9.78 Å². The van der Waals surface area contributed by atoms with Gasteiger partial charge >= 0.3 is 5.97 Å². The van der Waals surface area contributed by atoms with E-state index in [0.717, 1.165) is 16.5 Å². The second-order valence-electron chi connectivity index (χ2n) is 4.24. The van der Waals surface area contributed by atoms with Crippen LogP contribution >= 0.6 is 0 Å². The van der Waals surface area contributed by atoms with E-state index in [1.807, 2.05) is 30.3 Å². The van der Waals surface area contributed by atoms with Gasteiger partial charge in [-0.2, -0.15) is 0 Å². The fourth-order valence-electron chi connectivity index (χ4n) is 1.69. The van der Waals surface area contributed by atoms with Crippen molar-refractivity contribution in [1.82, 2.24) is 4.98 Å².